The molecule has 94 valence electrons. The van der Waals surface area contributed by atoms with Gasteiger partial charge in [-0.05, 0) is 50.6 Å². The molecule has 1 heterocycles. The summed E-state index contributed by atoms with van der Waals surface area (Å²) in [7, 11) is 1.99. The number of likely N-dealkylation sites (N-methyl/N-ethyl adjacent to an activating group) is 1. The summed E-state index contributed by atoms with van der Waals surface area (Å²) < 4.78 is 26.3. The summed E-state index contributed by atoms with van der Waals surface area (Å²) in [6.07, 6.45) is 3.09. The molecule has 1 aliphatic heterocycles. The second-order valence-electron chi connectivity index (χ2n) is 4.74. The Hall–Kier alpha value is -1.00. The van der Waals surface area contributed by atoms with Crippen molar-refractivity contribution in [3.05, 3.63) is 35.4 Å². The Kier molecular flexibility index (Phi) is 3.45. The molecule has 1 fully saturated rings. The van der Waals surface area contributed by atoms with Gasteiger partial charge in [-0.2, -0.15) is 0 Å². The minimum Gasteiger partial charge on any atom is -0.328 e. The van der Waals surface area contributed by atoms with Crippen LogP contribution in [0.25, 0.3) is 0 Å². The van der Waals surface area contributed by atoms with Crippen molar-refractivity contribution in [3.8, 4) is 0 Å². The van der Waals surface area contributed by atoms with Crippen molar-refractivity contribution in [2.45, 2.75) is 24.8 Å². The predicted molar refractivity (Wildman–Crippen MR) is 63.6 cm³/mol. The normalized spacial score (nSPS) is 26.1. The van der Waals surface area contributed by atoms with Gasteiger partial charge in [0.2, 0.25) is 0 Å². The number of halogens is 2. The number of hydrogen-bond donors (Lipinski definition) is 1. The number of hydrogen-bond acceptors (Lipinski definition) is 2. The molecule has 0 aliphatic carbocycles. The van der Waals surface area contributed by atoms with Gasteiger partial charge in [-0.1, -0.05) is 6.07 Å². The van der Waals surface area contributed by atoms with Crippen LogP contribution in [-0.2, 0) is 5.54 Å². The Morgan fingerprint density at radius 1 is 1.29 bits per heavy atom. The maximum atomic E-state index is 13.3. The molecule has 2 nitrogen and oxygen atoms in total. The first-order chi connectivity index (χ1) is 8.10. The molecule has 0 amide bonds. The molecule has 1 atom stereocenters. The summed E-state index contributed by atoms with van der Waals surface area (Å²) in [5.74, 6) is -1.60. The number of benzene rings is 1. The second kappa shape index (κ2) is 4.70. The molecule has 1 saturated heterocycles. The van der Waals surface area contributed by atoms with E-state index in [2.05, 4.69) is 4.90 Å². The molecule has 0 radical (unpaired) electrons. The Morgan fingerprint density at radius 2 is 2.06 bits per heavy atom. The van der Waals surface area contributed by atoms with Crippen LogP contribution >= 0.6 is 0 Å². The van der Waals surface area contributed by atoms with Gasteiger partial charge in [0, 0.05) is 6.54 Å². The van der Waals surface area contributed by atoms with Crippen molar-refractivity contribution in [1.82, 2.24) is 4.90 Å². The summed E-state index contributed by atoms with van der Waals surface area (Å²) in [5.41, 5.74) is 6.33. The van der Waals surface area contributed by atoms with Gasteiger partial charge >= 0.3 is 0 Å². The topological polar surface area (TPSA) is 29.3 Å². The highest BCUT2D eigenvalue weighted by Crippen LogP contribution is 2.36. The van der Waals surface area contributed by atoms with E-state index in [0.29, 0.717) is 6.54 Å². The van der Waals surface area contributed by atoms with E-state index < -0.39 is 11.6 Å². The fraction of sp³-hybridized carbons (Fsp3) is 0.538. The quantitative estimate of drug-likeness (QED) is 0.859. The highest BCUT2D eigenvalue weighted by atomic mass is 19.2. The van der Waals surface area contributed by atoms with Crippen molar-refractivity contribution in [1.29, 1.82) is 0 Å². The summed E-state index contributed by atoms with van der Waals surface area (Å²) in [5, 5.41) is 0. The fourth-order valence-electron chi connectivity index (χ4n) is 2.70. The molecule has 0 aromatic heterocycles. The summed E-state index contributed by atoms with van der Waals surface area (Å²) in [6.45, 7) is 1.37. The first-order valence-electron chi connectivity index (χ1n) is 5.97. The molecule has 1 aromatic carbocycles. The number of nitrogens with two attached hydrogens (primary N) is 1. The molecule has 0 saturated carbocycles. The zero-order valence-electron chi connectivity index (χ0n) is 10.0. The molecule has 17 heavy (non-hydrogen) atoms. The van der Waals surface area contributed by atoms with Crippen molar-refractivity contribution in [2.24, 2.45) is 5.73 Å². The van der Waals surface area contributed by atoms with Gasteiger partial charge in [-0.3, -0.25) is 4.90 Å². The van der Waals surface area contributed by atoms with Crippen LogP contribution in [-0.4, -0.2) is 25.0 Å². The Labute approximate surface area is 100 Å². The van der Waals surface area contributed by atoms with Crippen LogP contribution in [0.15, 0.2) is 18.2 Å². The lowest BCUT2D eigenvalue weighted by atomic mass is 9.80. The molecular weight excluding hydrogens is 222 g/mol. The van der Waals surface area contributed by atoms with E-state index in [4.69, 9.17) is 5.73 Å². The summed E-state index contributed by atoms with van der Waals surface area (Å²) in [4.78, 5) is 2.16. The van der Waals surface area contributed by atoms with E-state index in [0.717, 1.165) is 31.4 Å². The van der Waals surface area contributed by atoms with Crippen molar-refractivity contribution >= 4 is 0 Å². The van der Waals surface area contributed by atoms with Crippen LogP contribution in [0.1, 0.15) is 24.8 Å². The van der Waals surface area contributed by atoms with E-state index in [9.17, 15) is 8.78 Å². The van der Waals surface area contributed by atoms with E-state index in [1.54, 1.807) is 6.07 Å². The minimum absolute atomic E-state index is 0.340. The van der Waals surface area contributed by atoms with Gasteiger partial charge in [-0.15, -0.1) is 0 Å². The lowest BCUT2D eigenvalue weighted by Crippen LogP contribution is -2.52. The molecule has 0 spiro atoms. The Bertz CT molecular complexity index is 408. The van der Waals surface area contributed by atoms with Crippen molar-refractivity contribution in [2.75, 3.05) is 20.1 Å². The third kappa shape index (κ3) is 2.07. The van der Waals surface area contributed by atoms with Gasteiger partial charge < -0.3 is 5.73 Å². The smallest absolute Gasteiger partial charge is 0.159 e. The third-order valence-electron chi connectivity index (χ3n) is 3.86. The first-order valence-corrected chi connectivity index (χ1v) is 5.97. The zero-order chi connectivity index (χ0) is 12.5. The maximum absolute atomic E-state index is 13.3. The zero-order valence-corrected chi connectivity index (χ0v) is 10.0. The molecule has 4 heteroatoms. The summed E-state index contributed by atoms with van der Waals surface area (Å²) in [6, 6.07) is 4.11. The van der Waals surface area contributed by atoms with Crippen LogP contribution in [0.3, 0.4) is 0 Å². The number of likely N-dealkylation sites (tertiary alicyclic amines) is 1. The highest BCUT2D eigenvalue weighted by Gasteiger charge is 2.37. The van der Waals surface area contributed by atoms with Crippen LogP contribution in [0.2, 0.25) is 0 Å². The van der Waals surface area contributed by atoms with Gasteiger partial charge in [0.1, 0.15) is 0 Å². The van der Waals surface area contributed by atoms with Gasteiger partial charge in [0.05, 0.1) is 5.54 Å². The maximum Gasteiger partial charge on any atom is 0.159 e. The standard InChI is InChI=1S/C13H18F2N2/c1-17-7-3-2-6-13(17,9-16)10-4-5-11(14)12(15)8-10/h4-5,8H,2-3,6-7,9,16H2,1H3. The number of rotatable bonds is 2. The van der Waals surface area contributed by atoms with E-state index in [-0.39, 0.29) is 5.54 Å². The van der Waals surface area contributed by atoms with Crippen LogP contribution < -0.4 is 5.73 Å². The fourth-order valence-corrected chi connectivity index (χ4v) is 2.70. The van der Waals surface area contributed by atoms with Crippen LogP contribution in [0.4, 0.5) is 8.78 Å². The molecule has 1 aromatic rings. The molecule has 2 N–H and O–H groups in total. The Balaban J connectivity index is 2.42. The number of piperidine rings is 1. The lowest BCUT2D eigenvalue weighted by Gasteiger charge is -2.45. The monoisotopic (exact) mass is 240 g/mol. The first kappa shape index (κ1) is 12.5. The third-order valence-corrected chi connectivity index (χ3v) is 3.86. The van der Waals surface area contributed by atoms with Crippen LogP contribution in [0, 0.1) is 11.6 Å². The van der Waals surface area contributed by atoms with Crippen molar-refractivity contribution < 1.29 is 8.78 Å². The second-order valence-corrected chi connectivity index (χ2v) is 4.74. The van der Waals surface area contributed by atoms with Gasteiger partial charge in [-0.25, -0.2) is 8.78 Å². The molecule has 1 unspecified atom stereocenters. The van der Waals surface area contributed by atoms with Crippen molar-refractivity contribution in [3.63, 3.8) is 0 Å². The lowest BCUT2D eigenvalue weighted by molar-refractivity contribution is 0.0780. The van der Waals surface area contributed by atoms with Gasteiger partial charge in [0.25, 0.3) is 0 Å². The largest absolute Gasteiger partial charge is 0.328 e. The average molecular weight is 240 g/mol. The molecular formula is C13H18F2N2. The predicted octanol–water partition coefficient (Wildman–Crippen LogP) is 2.23. The summed E-state index contributed by atoms with van der Waals surface area (Å²) >= 11 is 0. The van der Waals surface area contributed by atoms with E-state index in [1.165, 1.54) is 12.1 Å². The highest BCUT2D eigenvalue weighted by molar-refractivity contribution is 5.27. The SMILES string of the molecule is CN1CCCCC1(CN)c1ccc(F)c(F)c1. The molecule has 1 aliphatic rings. The van der Waals surface area contributed by atoms with Gasteiger partial charge in [0.15, 0.2) is 11.6 Å². The van der Waals surface area contributed by atoms with E-state index in [1.807, 2.05) is 7.05 Å². The molecule has 0 bridgehead atoms. The van der Waals surface area contributed by atoms with Crippen LogP contribution in [0.5, 0.6) is 0 Å². The Morgan fingerprint density at radius 3 is 2.65 bits per heavy atom. The van der Waals surface area contributed by atoms with E-state index >= 15 is 0 Å². The molecule has 2 rings (SSSR count). The number of nitrogens with zero attached hydrogens (tertiary/aromatic N) is 1. The minimum atomic E-state index is -0.806. The average Bonchev–Trinajstić information content (AvgIpc) is 2.34.